The second-order valence-corrected chi connectivity index (χ2v) is 3.95. The molecule has 0 bridgehead atoms. The zero-order chi connectivity index (χ0) is 12.0. The molecule has 0 atom stereocenters. The Hall–Kier alpha value is -1.35. The fraction of sp³-hybridized carbons (Fsp3) is 0.462. The van der Waals surface area contributed by atoms with Gasteiger partial charge in [0.05, 0.1) is 0 Å². The van der Waals surface area contributed by atoms with Crippen LogP contribution in [0.2, 0.25) is 0 Å². The summed E-state index contributed by atoms with van der Waals surface area (Å²) in [5.74, 6) is 0.0594. The number of hydrogen-bond donors (Lipinski definition) is 2. The highest BCUT2D eigenvalue weighted by atomic mass is 16.1. The minimum Gasteiger partial charge on any atom is -0.326 e. The number of amides is 1. The molecule has 1 aromatic carbocycles. The van der Waals surface area contributed by atoms with Gasteiger partial charge in [-0.1, -0.05) is 13.0 Å². The molecular formula is C13H20N2O. The molecule has 0 heterocycles. The van der Waals surface area contributed by atoms with Crippen LogP contribution in [0, 0.1) is 13.8 Å². The molecule has 1 amide bonds. The van der Waals surface area contributed by atoms with Gasteiger partial charge in [-0.2, -0.15) is 0 Å². The molecule has 0 spiro atoms. The molecule has 3 nitrogen and oxygen atoms in total. The van der Waals surface area contributed by atoms with Crippen LogP contribution in [-0.2, 0) is 4.79 Å². The van der Waals surface area contributed by atoms with Crippen LogP contribution in [0.5, 0.6) is 0 Å². The third-order valence-electron chi connectivity index (χ3n) is 2.57. The van der Waals surface area contributed by atoms with E-state index in [2.05, 4.69) is 17.6 Å². The number of hydrogen-bond acceptors (Lipinski definition) is 2. The number of aryl methyl sites for hydroxylation is 2. The zero-order valence-electron chi connectivity index (χ0n) is 10.3. The van der Waals surface area contributed by atoms with E-state index in [1.807, 2.05) is 32.0 Å². The Balaban J connectivity index is 2.46. The minimum atomic E-state index is 0.0594. The van der Waals surface area contributed by atoms with Gasteiger partial charge >= 0.3 is 0 Å². The topological polar surface area (TPSA) is 41.1 Å². The van der Waals surface area contributed by atoms with Crippen LogP contribution in [-0.4, -0.2) is 19.0 Å². The van der Waals surface area contributed by atoms with Crippen molar-refractivity contribution >= 4 is 11.6 Å². The molecule has 16 heavy (non-hydrogen) atoms. The second-order valence-electron chi connectivity index (χ2n) is 3.95. The lowest BCUT2D eigenvalue weighted by atomic mass is 10.1. The molecule has 0 aliphatic rings. The highest BCUT2D eigenvalue weighted by Gasteiger charge is 2.02. The summed E-state index contributed by atoms with van der Waals surface area (Å²) < 4.78 is 0. The van der Waals surface area contributed by atoms with Crippen molar-refractivity contribution in [2.24, 2.45) is 0 Å². The zero-order valence-corrected chi connectivity index (χ0v) is 10.3. The molecule has 0 unspecified atom stereocenters. The first-order chi connectivity index (χ1) is 7.63. The van der Waals surface area contributed by atoms with Gasteiger partial charge in [0.2, 0.25) is 5.91 Å². The smallest absolute Gasteiger partial charge is 0.225 e. The van der Waals surface area contributed by atoms with E-state index in [-0.39, 0.29) is 5.91 Å². The van der Waals surface area contributed by atoms with E-state index >= 15 is 0 Å². The van der Waals surface area contributed by atoms with Crippen molar-refractivity contribution in [1.82, 2.24) is 5.32 Å². The number of nitrogens with one attached hydrogen (secondary N) is 2. The van der Waals surface area contributed by atoms with Crippen molar-refractivity contribution in [2.45, 2.75) is 27.2 Å². The SMILES string of the molecule is CCNCCC(=O)Nc1ccc(C)c(C)c1. The van der Waals surface area contributed by atoms with Crippen molar-refractivity contribution in [2.75, 3.05) is 18.4 Å². The third kappa shape index (κ3) is 4.03. The molecule has 1 rings (SSSR count). The van der Waals surface area contributed by atoms with E-state index in [4.69, 9.17) is 0 Å². The van der Waals surface area contributed by atoms with Crippen LogP contribution in [0.4, 0.5) is 5.69 Å². The van der Waals surface area contributed by atoms with Crippen LogP contribution in [0.25, 0.3) is 0 Å². The van der Waals surface area contributed by atoms with Crippen LogP contribution in [0.3, 0.4) is 0 Å². The summed E-state index contributed by atoms with van der Waals surface area (Å²) >= 11 is 0. The highest BCUT2D eigenvalue weighted by molar-refractivity contribution is 5.90. The van der Waals surface area contributed by atoms with E-state index in [0.29, 0.717) is 6.42 Å². The average molecular weight is 220 g/mol. The lowest BCUT2D eigenvalue weighted by Gasteiger charge is -2.07. The van der Waals surface area contributed by atoms with E-state index in [9.17, 15) is 4.79 Å². The van der Waals surface area contributed by atoms with E-state index in [0.717, 1.165) is 18.8 Å². The maximum atomic E-state index is 11.5. The summed E-state index contributed by atoms with van der Waals surface area (Å²) in [6, 6.07) is 5.96. The first-order valence-corrected chi connectivity index (χ1v) is 5.71. The quantitative estimate of drug-likeness (QED) is 0.747. The predicted molar refractivity (Wildman–Crippen MR) is 67.7 cm³/mol. The molecule has 0 fully saturated rings. The van der Waals surface area contributed by atoms with Gasteiger partial charge < -0.3 is 10.6 Å². The molecule has 0 aliphatic carbocycles. The number of carbonyl (C=O) groups is 1. The fourth-order valence-electron chi connectivity index (χ4n) is 1.42. The van der Waals surface area contributed by atoms with Crippen molar-refractivity contribution in [3.63, 3.8) is 0 Å². The Kier molecular flexibility index (Phi) is 4.99. The largest absolute Gasteiger partial charge is 0.326 e. The summed E-state index contributed by atoms with van der Waals surface area (Å²) in [7, 11) is 0. The van der Waals surface area contributed by atoms with Gasteiger partial charge in [-0.3, -0.25) is 4.79 Å². The number of anilines is 1. The highest BCUT2D eigenvalue weighted by Crippen LogP contribution is 2.14. The van der Waals surface area contributed by atoms with E-state index < -0.39 is 0 Å². The Morgan fingerprint density at radius 2 is 2.00 bits per heavy atom. The first kappa shape index (κ1) is 12.7. The van der Waals surface area contributed by atoms with E-state index in [1.54, 1.807) is 0 Å². The van der Waals surface area contributed by atoms with Crippen molar-refractivity contribution in [3.05, 3.63) is 29.3 Å². The summed E-state index contributed by atoms with van der Waals surface area (Å²) in [6.07, 6.45) is 0.515. The van der Waals surface area contributed by atoms with Crippen LogP contribution < -0.4 is 10.6 Å². The normalized spacial score (nSPS) is 10.2. The molecule has 0 aromatic heterocycles. The monoisotopic (exact) mass is 220 g/mol. The minimum absolute atomic E-state index is 0.0594. The standard InChI is InChI=1S/C13H20N2O/c1-4-14-8-7-13(16)15-12-6-5-10(2)11(3)9-12/h5-6,9,14H,4,7-8H2,1-3H3,(H,15,16). The summed E-state index contributed by atoms with van der Waals surface area (Å²) in [5, 5.41) is 6.01. The van der Waals surface area contributed by atoms with E-state index in [1.165, 1.54) is 11.1 Å². The van der Waals surface area contributed by atoms with Crippen LogP contribution in [0.15, 0.2) is 18.2 Å². The summed E-state index contributed by atoms with van der Waals surface area (Å²) in [4.78, 5) is 11.5. The predicted octanol–water partition coefficient (Wildman–Crippen LogP) is 2.24. The van der Waals surface area contributed by atoms with Crippen LogP contribution >= 0.6 is 0 Å². The molecule has 1 aromatic rings. The Morgan fingerprint density at radius 1 is 1.25 bits per heavy atom. The molecule has 3 heteroatoms. The van der Waals surface area contributed by atoms with Crippen molar-refractivity contribution < 1.29 is 4.79 Å². The molecule has 0 radical (unpaired) electrons. The molecule has 0 saturated carbocycles. The maximum Gasteiger partial charge on any atom is 0.225 e. The molecular weight excluding hydrogens is 200 g/mol. The summed E-state index contributed by atoms with van der Waals surface area (Å²) in [6.45, 7) is 7.76. The molecule has 88 valence electrons. The lowest BCUT2D eigenvalue weighted by molar-refractivity contribution is -0.116. The average Bonchev–Trinajstić information content (AvgIpc) is 2.24. The lowest BCUT2D eigenvalue weighted by Crippen LogP contribution is -2.21. The number of benzene rings is 1. The molecule has 0 aliphatic heterocycles. The Labute approximate surface area is 97.2 Å². The van der Waals surface area contributed by atoms with Crippen LogP contribution in [0.1, 0.15) is 24.5 Å². The Bertz CT molecular complexity index is 361. The maximum absolute atomic E-state index is 11.5. The Morgan fingerprint density at radius 3 is 2.62 bits per heavy atom. The van der Waals surface area contributed by atoms with Gasteiger partial charge in [-0.05, 0) is 43.7 Å². The molecule has 2 N–H and O–H groups in total. The van der Waals surface area contributed by atoms with Crippen molar-refractivity contribution in [1.29, 1.82) is 0 Å². The van der Waals surface area contributed by atoms with Crippen molar-refractivity contribution in [3.8, 4) is 0 Å². The van der Waals surface area contributed by atoms with Gasteiger partial charge in [-0.25, -0.2) is 0 Å². The first-order valence-electron chi connectivity index (χ1n) is 5.71. The number of carbonyl (C=O) groups excluding carboxylic acids is 1. The van der Waals surface area contributed by atoms with Gasteiger partial charge in [0, 0.05) is 18.7 Å². The third-order valence-corrected chi connectivity index (χ3v) is 2.57. The van der Waals surface area contributed by atoms with Gasteiger partial charge in [-0.15, -0.1) is 0 Å². The summed E-state index contributed by atoms with van der Waals surface area (Å²) in [5.41, 5.74) is 3.32. The molecule has 0 saturated heterocycles. The van der Waals surface area contributed by atoms with Gasteiger partial charge in [0.1, 0.15) is 0 Å². The number of rotatable bonds is 5. The second kappa shape index (κ2) is 6.28. The van der Waals surface area contributed by atoms with Gasteiger partial charge in [0.25, 0.3) is 0 Å². The van der Waals surface area contributed by atoms with Gasteiger partial charge in [0.15, 0.2) is 0 Å². The fourth-order valence-corrected chi connectivity index (χ4v) is 1.42.